The van der Waals surface area contributed by atoms with E-state index in [9.17, 15) is 4.79 Å². The van der Waals surface area contributed by atoms with E-state index in [0.717, 1.165) is 43.9 Å². The molecule has 1 saturated carbocycles. The quantitative estimate of drug-likeness (QED) is 0.920. The van der Waals surface area contributed by atoms with Gasteiger partial charge in [-0.3, -0.25) is 9.69 Å². The maximum Gasteiger partial charge on any atom is 0.226 e. The molecule has 0 spiro atoms. The fourth-order valence-electron chi connectivity index (χ4n) is 3.85. The second kappa shape index (κ2) is 6.42. The Balaban J connectivity index is 1.35. The van der Waals surface area contributed by atoms with Crippen molar-refractivity contribution in [1.29, 1.82) is 0 Å². The zero-order valence-electron chi connectivity index (χ0n) is 13.2. The molecule has 1 aromatic carbocycles. The van der Waals surface area contributed by atoms with Crippen molar-refractivity contribution in [2.24, 2.45) is 5.92 Å². The third kappa shape index (κ3) is 3.39. The van der Waals surface area contributed by atoms with Gasteiger partial charge in [0.25, 0.3) is 0 Å². The standard InChI is InChI=1S/C18H23ClN2O2/c19-13-6-4-12(5-7-13)9-21-10-15-8-16(17(11-21)23-15)18(22)20-14-2-1-3-14/h4-7,14-17H,1-3,8-11H2,(H,20,22)/t15-,16+,17-/m1/s1. The van der Waals surface area contributed by atoms with Crippen LogP contribution < -0.4 is 5.32 Å². The number of hydrogen-bond acceptors (Lipinski definition) is 3. The molecule has 3 atom stereocenters. The van der Waals surface area contributed by atoms with Crippen LogP contribution in [0.4, 0.5) is 0 Å². The number of nitrogens with one attached hydrogen (secondary N) is 1. The van der Waals surface area contributed by atoms with E-state index >= 15 is 0 Å². The number of carbonyl (C=O) groups excluding carboxylic acids is 1. The van der Waals surface area contributed by atoms with Crippen molar-refractivity contribution < 1.29 is 9.53 Å². The molecule has 1 aromatic rings. The number of morpholine rings is 1. The second-order valence-corrected chi connectivity index (χ2v) is 7.53. The molecule has 1 aliphatic carbocycles. The van der Waals surface area contributed by atoms with Gasteiger partial charge in [0, 0.05) is 30.7 Å². The van der Waals surface area contributed by atoms with Gasteiger partial charge < -0.3 is 10.1 Å². The van der Waals surface area contributed by atoms with E-state index in [0.29, 0.717) is 6.04 Å². The Bertz CT molecular complexity index is 573. The van der Waals surface area contributed by atoms with Crippen LogP contribution in [-0.4, -0.2) is 42.1 Å². The molecule has 3 fully saturated rings. The number of ether oxygens (including phenoxy) is 1. The predicted molar refractivity (Wildman–Crippen MR) is 89.3 cm³/mol. The monoisotopic (exact) mass is 334 g/mol. The summed E-state index contributed by atoms with van der Waals surface area (Å²) in [5.41, 5.74) is 1.26. The van der Waals surface area contributed by atoms with Gasteiger partial charge in [0.2, 0.25) is 5.91 Å². The summed E-state index contributed by atoms with van der Waals surface area (Å²) in [6.07, 6.45) is 4.61. The average Bonchev–Trinajstić information content (AvgIpc) is 2.80. The molecule has 2 aliphatic heterocycles. The molecule has 4 rings (SSSR count). The van der Waals surface area contributed by atoms with Crippen molar-refractivity contribution in [3.63, 3.8) is 0 Å². The van der Waals surface area contributed by atoms with Crippen molar-refractivity contribution in [3.05, 3.63) is 34.9 Å². The fourth-order valence-corrected chi connectivity index (χ4v) is 3.98. The minimum absolute atomic E-state index is 0.0239. The highest BCUT2D eigenvalue weighted by Crippen LogP contribution is 2.33. The molecule has 0 aromatic heterocycles. The topological polar surface area (TPSA) is 41.6 Å². The molecule has 2 bridgehead atoms. The van der Waals surface area contributed by atoms with E-state index in [-0.39, 0.29) is 24.0 Å². The molecule has 4 nitrogen and oxygen atoms in total. The van der Waals surface area contributed by atoms with Gasteiger partial charge in [-0.15, -0.1) is 0 Å². The lowest BCUT2D eigenvalue weighted by molar-refractivity contribution is -0.129. The first-order valence-corrected chi connectivity index (χ1v) is 8.98. The van der Waals surface area contributed by atoms with Crippen molar-refractivity contribution in [2.45, 2.75) is 50.5 Å². The summed E-state index contributed by atoms with van der Waals surface area (Å²) in [4.78, 5) is 14.9. The minimum Gasteiger partial charge on any atom is -0.371 e. The molecule has 1 amide bonds. The summed E-state index contributed by atoms with van der Waals surface area (Å²) < 4.78 is 6.03. The second-order valence-electron chi connectivity index (χ2n) is 7.10. The Morgan fingerprint density at radius 1 is 1.26 bits per heavy atom. The molecular weight excluding hydrogens is 312 g/mol. The van der Waals surface area contributed by atoms with Crippen LogP contribution in [0.2, 0.25) is 5.02 Å². The number of rotatable bonds is 4. The van der Waals surface area contributed by atoms with Gasteiger partial charge in [0.15, 0.2) is 0 Å². The van der Waals surface area contributed by atoms with E-state index in [1.165, 1.54) is 12.0 Å². The SMILES string of the molecule is O=C(NC1CCC1)[C@H]1C[C@@H]2CN(Cc3ccc(Cl)cc3)C[C@H]1O2. The summed E-state index contributed by atoms with van der Waals surface area (Å²) in [5.74, 6) is 0.228. The van der Waals surface area contributed by atoms with Crippen LogP contribution in [0.25, 0.3) is 0 Å². The van der Waals surface area contributed by atoms with E-state index < -0.39 is 0 Å². The number of carbonyl (C=O) groups is 1. The number of nitrogens with zero attached hydrogens (tertiary/aromatic N) is 1. The van der Waals surface area contributed by atoms with E-state index in [4.69, 9.17) is 16.3 Å². The summed E-state index contributed by atoms with van der Waals surface area (Å²) in [5, 5.41) is 3.96. The van der Waals surface area contributed by atoms with Crippen LogP contribution in [0.1, 0.15) is 31.2 Å². The summed E-state index contributed by atoms with van der Waals surface area (Å²) >= 11 is 5.94. The number of likely N-dealkylation sites (tertiary alicyclic amines) is 1. The average molecular weight is 335 g/mol. The third-order valence-electron chi connectivity index (χ3n) is 5.34. The van der Waals surface area contributed by atoms with Crippen LogP contribution in [0.5, 0.6) is 0 Å². The van der Waals surface area contributed by atoms with Gasteiger partial charge in [-0.25, -0.2) is 0 Å². The fraction of sp³-hybridized carbons (Fsp3) is 0.611. The molecule has 0 radical (unpaired) electrons. The van der Waals surface area contributed by atoms with Gasteiger partial charge in [0.1, 0.15) is 0 Å². The van der Waals surface area contributed by atoms with E-state index in [1.54, 1.807) is 0 Å². The first-order chi connectivity index (χ1) is 11.2. The van der Waals surface area contributed by atoms with Gasteiger partial charge in [0.05, 0.1) is 18.1 Å². The maximum atomic E-state index is 12.5. The van der Waals surface area contributed by atoms with Crippen LogP contribution >= 0.6 is 11.6 Å². The van der Waals surface area contributed by atoms with Crippen molar-refractivity contribution in [3.8, 4) is 0 Å². The number of amides is 1. The first-order valence-electron chi connectivity index (χ1n) is 8.60. The molecule has 0 unspecified atom stereocenters. The predicted octanol–water partition coefficient (Wildman–Crippen LogP) is 2.60. The smallest absolute Gasteiger partial charge is 0.226 e. The molecule has 5 heteroatoms. The van der Waals surface area contributed by atoms with Gasteiger partial charge in [-0.2, -0.15) is 0 Å². The Kier molecular flexibility index (Phi) is 4.31. The Labute approximate surface area is 142 Å². The zero-order chi connectivity index (χ0) is 15.8. The Morgan fingerprint density at radius 2 is 2.04 bits per heavy atom. The van der Waals surface area contributed by atoms with E-state index in [2.05, 4.69) is 22.3 Å². The van der Waals surface area contributed by atoms with Gasteiger partial charge in [-0.05, 0) is 43.4 Å². The van der Waals surface area contributed by atoms with Crippen LogP contribution in [0, 0.1) is 5.92 Å². The minimum atomic E-state index is 0.0239. The Morgan fingerprint density at radius 3 is 2.74 bits per heavy atom. The molecule has 3 aliphatic rings. The highest BCUT2D eigenvalue weighted by molar-refractivity contribution is 6.30. The summed E-state index contributed by atoms with van der Waals surface area (Å²) in [6.45, 7) is 2.64. The molecular formula is C18H23ClN2O2. The molecule has 2 heterocycles. The highest BCUT2D eigenvalue weighted by Gasteiger charge is 2.45. The van der Waals surface area contributed by atoms with Crippen molar-refractivity contribution in [2.75, 3.05) is 13.1 Å². The molecule has 23 heavy (non-hydrogen) atoms. The maximum absolute atomic E-state index is 12.5. The molecule has 2 saturated heterocycles. The van der Waals surface area contributed by atoms with Crippen molar-refractivity contribution in [1.82, 2.24) is 10.2 Å². The first kappa shape index (κ1) is 15.4. The third-order valence-corrected chi connectivity index (χ3v) is 5.59. The summed E-state index contributed by atoms with van der Waals surface area (Å²) in [7, 11) is 0. The lowest BCUT2D eigenvalue weighted by atomic mass is 9.91. The normalized spacial score (nSPS) is 30.9. The molecule has 124 valence electrons. The number of hydrogen-bond donors (Lipinski definition) is 1. The number of benzene rings is 1. The molecule has 1 N–H and O–H groups in total. The van der Waals surface area contributed by atoms with E-state index in [1.807, 2.05) is 12.1 Å². The van der Waals surface area contributed by atoms with Gasteiger partial charge >= 0.3 is 0 Å². The zero-order valence-corrected chi connectivity index (χ0v) is 14.0. The van der Waals surface area contributed by atoms with Gasteiger partial charge in [-0.1, -0.05) is 23.7 Å². The largest absolute Gasteiger partial charge is 0.371 e. The van der Waals surface area contributed by atoms with Crippen LogP contribution in [0.3, 0.4) is 0 Å². The lowest BCUT2D eigenvalue weighted by Gasteiger charge is -2.33. The highest BCUT2D eigenvalue weighted by atomic mass is 35.5. The van der Waals surface area contributed by atoms with Crippen LogP contribution in [0.15, 0.2) is 24.3 Å². The number of fused-ring (bicyclic) bond motifs is 2. The Hall–Kier alpha value is -1.10. The van der Waals surface area contributed by atoms with Crippen LogP contribution in [-0.2, 0) is 16.1 Å². The summed E-state index contributed by atoms with van der Waals surface area (Å²) in [6, 6.07) is 8.41. The number of halogens is 1. The van der Waals surface area contributed by atoms with Crippen molar-refractivity contribution >= 4 is 17.5 Å². The lowest BCUT2D eigenvalue weighted by Crippen LogP contribution is -2.47.